The number of anilines is 1. The average Bonchev–Trinajstić information content (AvgIpc) is 2.86. The van der Waals surface area contributed by atoms with E-state index >= 15 is 0 Å². The number of nitrogens with one attached hydrogen (secondary N) is 1. The molecule has 38 heavy (non-hydrogen) atoms. The molecule has 0 bridgehead atoms. The van der Waals surface area contributed by atoms with Gasteiger partial charge in [0.1, 0.15) is 23.7 Å². The van der Waals surface area contributed by atoms with Crippen molar-refractivity contribution in [2.75, 3.05) is 25.1 Å². The van der Waals surface area contributed by atoms with Crippen LogP contribution < -0.4 is 23.8 Å². The third-order valence-electron chi connectivity index (χ3n) is 6.31. The summed E-state index contributed by atoms with van der Waals surface area (Å²) in [4.78, 5) is 13.2. The lowest BCUT2D eigenvalue weighted by molar-refractivity contribution is -0.120. The van der Waals surface area contributed by atoms with Crippen molar-refractivity contribution in [3.63, 3.8) is 0 Å². The van der Waals surface area contributed by atoms with Crippen LogP contribution in [0.15, 0.2) is 65.6 Å². The van der Waals surface area contributed by atoms with Crippen molar-refractivity contribution in [2.24, 2.45) is 0 Å². The Bertz CT molecular complexity index is 1460. The Labute approximate surface area is 222 Å². The van der Waals surface area contributed by atoms with Crippen molar-refractivity contribution < 1.29 is 31.8 Å². The number of para-hydroxylation sites is 1. The van der Waals surface area contributed by atoms with Gasteiger partial charge in [0.15, 0.2) is 11.5 Å². The first-order valence-electron chi connectivity index (χ1n) is 12.0. The van der Waals surface area contributed by atoms with Gasteiger partial charge < -0.3 is 19.5 Å². The summed E-state index contributed by atoms with van der Waals surface area (Å²) in [5, 5.41) is 2.94. The summed E-state index contributed by atoms with van der Waals surface area (Å²) < 4.78 is 59.8. The molecule has 0 radical (unpaired) electrons. The zero-order chi connectivity index (χ0) is 27.7. The van der Waals surface area contributed by atoms with E-state index in [9.17, 15) is 17.6 Å². The molecule has 202 valence electrons. The molecule has 0 fully saturated rings. The molecular weight excluding hydrogens is 511 g/mol. The van der Waals surface area contributed by atoms with Crippen LogP contribution in [0.5, 0.6) is 17.2 Å². The third-order valence-corrected chi connectivity index (χ3v) is 8.07. The maximum absolute atomic E-state index is 14.9. The van der Waals surface area contributed by atoms with Gasteiger partial charge in [-0.2, -0.15) is 0 Å². The number of rotatable bonds is 8. The second-order valence-electron chi connectivity index (χ2n) is 9.71. The van der Waals surface area contributed by atoms with Crippen LogP contribution in [0.25, 0.3) is 0 Å². The highest BCUT2D eigenvalue weighted by Crippen LogP contribution is 2.40. The van der Waals surface area contributed by atoms with E-state index in [4.69, 9.17) is 14.2 Å². The van der Waals surface area contributed by atoms with Crippen LogP contribution in [0.1, 0.15) is 37.4 Å². The molecule has 1 amide bonds. The van der Waals surface area contributed by atoms with Crippen molar-refractivity contribution in [3.05, 3.63) is 77.6 Å². The van der Waals surface area contributed by atoms with Crippen LogP contribution in [0.2, 0.25) is 0 Å². The number of benzene rings is 3. The topological polar surface area (TPSA) is 94.2 Å². The van der Waals surface area contributed by atoms with Gasteiger partial charge in [-0.25, -0.2) is 12.8 Å². The number of ether oxygens (including phenoxy) is 3. The van der Waals surface area contributed by atoms with Gasteiger partial charge in [-0.3, -0.25) is 9.10 Å². The largest absolute Gasteiger partial charge is 0.493 e. The third kappa shape index (κ3) is 5.55. The summed E-state index contributed by atoms with van der Waals surface area (Å²) in [6, 6.07) is 14.7. The lowest BCUT2D eigenvalue weighted by atomic mass is 9.89. The second-order valence-corrected chi connectivity index (χ2v) is 11.6. The molecule has 1 atom stereocenters. The Morgan fingerprint density at radius 3 is 2.47 bits per heavy atom. The van der Waals surface area contributed by atoms with Crippen molar-refractivity contribution in [3.8, 4) is 17.2 Å². The van der Waals surface area contributed by atoms with Crippen LogP contribution in [0, 0.1) is 12.7 Å². The van der Waals surface area contributed by atoms with E-state index in [1.165, 1.54) is 50.6 Å². The predicted octanol–water partition coefficient (Wildman–Crippen LogP) is 4.77. The zero-order valence-electron chi connectivity index (χ0n) is 21.9. The maximum Gasteiger partial charge on any atom is 0.265 e. The minimum absolute atomic E-state index is 0.181. The second kappa shape index (κ2) is 10.5. The summed E-state index contributed by atoms with van der Waals surface area (Å²) in [5.74, 6) is -0.195. The number of hydrogen-bond acceptors (Lipinski definition) is 6. The molecule has 3 aromatic rings. The van der Waals surface area contributed by atoms with Crippen LogP contribution in [-0.4, -0.2) is 40.7 Å². The van der Waals surface area contributed by atoms with Crippen molar-refractivity contribution >= 4 is 21.6 Å². The molecular formula is C28H31FN2O6S. The molecule has 1 heterocycles. The minimum atomic E-state index is -4.39. The lowest BCUT2D eigenvalue weighted by Gasteiger charge is -2.38. The number of fused-ring (bicyclic) bond motifs is 1. The lowest BCUT2D eigenvalue weighted by Crippen LogP contribution is -2.45. The monoisotopic (exact) mass is 542 g/mol. The van der Waals surface area contributed by atoms with Crippen molar-refractivity contribution in [2.45, 2.75) is 43.7 Å². The fraction of sp³-hybridized carbons (Fsp3) is 0.321. The van der Waals surface area contributed by atoms with Crippen LogP contribution in [0.4, 0.5) is 10.1 Å². The Hall–Kier alpha value is -3.79. The molecule has 0 saturated carbocycles. The van der Waals surface area contributed by atoms with E-state index < -0.39 is 39.9 Å². The summed E-state index contributed by atoms with van der Waals surface area (Å²) >= 11 is 0. The molecule has 0 aromatic heterocycles. The molecule has 1 unspecified atom stereocenters. The van der Waals surface area contributed by atoms with E-state index in [2.05, 4.69) is 5.32 Å². The molecule has 0 saturated heterocycles. The summed E-state index contributed by atoms with van der Waals surface area (Å²) in [6.07, 6.45) is 0.469. The minimum Gasteiger partial charge on any atom is -0.493 e. The van der Waals surface area contributed by atoms with Crippen molar-refractivity contribution in [1.29, 1.82) is 0 Å². The predicted molar refractivity (Wildman–Crippen MR) is 142 cm³/mol. The molecule has 8 nitrogen and oxygen atoms in total. The number of methoxy groups -OCH3 is 2. The zero-order valence-corrected chi connectivity index (χ0v) is 22.8. The Morgan fingerprint density at radius 2 is 1.79 bits per heavy atom. The number of sulfonamides is 1. The molecule has 0 spiro atoms. The number of aryl methyl sites for hydroxylation is 1. The maximum atomic E-state index is 14.9. The van der Waals surface area contributed by atoms with E-state index in [0.29, 0.717) is 17.9 Å². The van der Waals surface area contributed by atoms with Gasteiger partial charge in [-0.1, -0.05) is 24.3 Å². The number of carbonyl (C=O) groups is 1. The highest BCUT2D eigenvalue weighted by Gasteiger charge is 2.36. The number of amides is 1. The molecule has 10 heteroatoms. The number of carbonyl (C=O) groups excluding carboxylic acids is 1. The Morgan fingerprint density at radius 1 is 1.08 bits per heavy atom. The fourth-order valence-corrected chi connectivity index (χ4v) is 5.96. The first kappa shape index (κ1) is 27.3. The number of hydrogen-bond donors (Lipinski definition) is 1. The summed E-state index contributed by atoms with van der Waals surface area (Å²) in [7, 11) is -1.58. The Kier molecular flexibility index (Phi) is 7.55. The average molecular weight is 543 g/mol. The van der Waals surface area contributed by atoms with Gasteiger partial charge in [-0.15, -0.1) is 0 Å². The first-order valence-corrected chi connectivity index (χ1v) is 13.5. The standard InChI is InChI=1S/C28H31FN2O6S/c1-18-10-12-20-22(16-28(2,3)37-25(20)14-18)30-27(32)17-31(23-9-7-6-8-21(23)29)38(33,34)19-11-13-24(35-4)26(15-19)36-5/h6-15,22H,16-17H2,1-5H3,(H,30,32). The molecule has 0 aliphatic carbocycles. The van der Waals surface area contributed by atoms with Gasteiger partial charge in [0, 0.05) is 18.1 Å². The molecule has 1 aliphatic heterocycles. The molecule has 4 rings (SSSR count). The fourth-order valence-electron chi connectivity index (χ4n) is 4.52. The number of halogens is 1. The van der Waals surface area contributed by atoms with E-state index in [-0.39, 0.29) is 16.3 Å². The van der Waals surface area contributed by atoms with Crippen LogP contribution in [-0.2, 0) is 14.8 Å². The Balaban J connectivity index is 1.69. The van der Waals surface area contributed by atoms with Gasteiger partial charge in [0.25, 0.3) is 10.0 Å². The highest BCUT2D eigenvalue weighted by molar-refractivity contribution is 7.92. The smallest absolute Gasteiger partial charge is 0.265 e. The molecule has 3 aromatic carbocycles. The molecule has 1 aliphatic rings. The van der Waals surface area contributed by atoms with E-state index in [1.54, 1.807) is 0 Å². The van der Waals surface area contributed by atoms with Crippen LogP contribution in [0.3, 0.4) is 0 Å². The van der Waals surface area contributed by atoms with Gasteiger partial charge in [0.2, 0.25) is 5.91 Å². The van der Waals surface area contributed by atoms with Gasteiger partial charge in [-0.05, 0) is 56.7 Å². The summed E-state index contributed by atoms with van der Waals surface area (Å²) in [6.45, 7) is 5.15. The summed E-state index contributed by atoms with van der Waals surface area (Å²) in [5.41, 5.74) is 0.998. The van der Waals surface area contributed by atoms with Crippen molar-refractivity contribution in [1.82, 2.24) is 5.32 Å². The first-order chi connectivity index (χ1) is 17.9. The van der Waals surface area contributed by atoms with Gasteiger partial charge >= 0.3 is 0 Å². The number of nitrogens with zero attached hydrogens (tertiary/aromatic N) is 1. The van der Waals surface area contributed by atoms with E-state index in [0.717, 1.165) is 21.5 Å². The normalized spacial score (nSPS) is 16.1. The van der Waals surface area contributed by atoms with Crippen LogP contribution >= 0.6 is 0 Å². The quantitative estimate of drug-likeness (QED) is 0.441. The highest BCUT2D eigenvalue weighted by atomic mass is 32.2. The SMILES string of the molecule is COc1ccc(S(=O)(=O)N(CC(=O)NC2CC(C)(C)Oc3cc(C)ccc32)c2ccccc2F)cc1OC. The molecule has 1 N–H and O–H groups in total. The van der Waals surface area contributed by atoms with Gasteiger partial charge in [0.05, 0.1) is 30.8 Å². The van der Waals surface area contributed by atoms with E-state index in [1.807, 2.05) is 39.0 Å².